The molecule has 25 heavy (non-hydrogen) atoms. The van der Waals surface area contributed by atoms with Gasteiger partial charge in [0.05, 0.1) is 0 Å². The van der Waals surface area contributed by atoms with Crippen LogP contribution in [-0.4, -0.2) is 13.2 Å². The van der Waals surface area contributed by atoms with Gasteiger partial charge in [-0.1, -0.05) is 36.4 Å². The number of para-hydroxylation sites is 1. The standard InChI is InChI=1S/C21H20FNO2/c22-18-11-9-17(10-12-18)16-23-19-5-4-8-21(15-19)25-14-13-24-20-6-2-1-3-7-20/h1-12,15,23H,13-14,16H2. The average molecular weight is 337 g/mol. The third-order valence-corrected chi connectivity index (χ3v) is 3.61. The quantitative estimate of drug-likeness (QED) is 0.593. The lowest BCUT2D eigenvalue weighted by Gasteiger charge is -2.11. The highest BCUT2D eigenvalue weighted by molar-refractivity contribution is 5.48. The van der Waals surface area contributed by atoms with Crippen molar-refractivity contribution in [3.05, 3.63) is 90.2 Å². The zero-order chi connectivity index (χ0) is 17.3. The van der Waals surface area contributed by atoms with Crippen molar-refractivity contribution in [1.29, 1.82) is 0 Å². The molecule has 0 aliphatic rings. The van der Waals surface area contributed by atoms with E-state index in [0.29, 0.717) is 19.8 Å². The molecule has 3 aromatic rings. The Morgan fingerprint density at radius 3 is 2.16 bits per heavy atom. The van der Waals surface area contributed by atoms with E-state index in [2.05, 4.69) is 5.32 Å². The fraction of sp³-hybridized carbons (Fsp3) is 0.143. The van der Waals surface area contributed by atoms with E-state index in [-0.39, 0.29) is 5.82 Å². The summed E-state index contributed by atoms with van der Waals surface area (Å²) >= 11 is 0. The van der Waals surface area contributed by atoms with E-state index >= 15 is 0 Å². The molecule has 3 rings (SSSR count). The minimum atomic E-state index is -0.225. The van der Waals surface area contributed by atoms with Gasteiger partial charge in [-0.2, -0.15) is 0 Å². The summed E-state index contributed by atoms with van der Waals surface area (Å²) in [6.45, 7) is 1.58. The number of rotatable bonds is 8. The monoisotopic (exact) mass is 337 g/mol. The maximum absolute atomic E-state index is 12.9. The number of hydrogen-bond donors (Lipinski definition) is 1. The van der Waals surface area contributed by atoms with Crippen molar-refractivity contribution in [3.63, 3.8) is 0 Å². The van der Waals surface area contributed by atoms with Crippen LogP contribution in [0.3, 0.4) is 0 Å². The molecule has 1 N–H and O–H groups in total. The van der Waals surface area contributed by atoms with Gasteiger partial charge < -0.3 is 14.8 Å². The molecule has 4 heteroatoms. The molecular formula is C21H20FNO2. The van der Waals surface area contributed by atoms with Crippen LogP contribution >= 0.6 is 0 Å². The van der Waals surface area contributed by atoms with Gasteiger partial charge in [0.25, 0.3) is 0 Å². The van der Waals surface area contributed by atoms with Crippen LogP contribution in [-0.2, 0) is 6.54 Å². The van der Waals surface area contributed by atoms with Gasteiger partial charge in [0, 0.05) is 18.3 Å². The number of anilines is 1. The van der Waals surface area contributed by atoms with E-state index in [1.807, 2.05) is 54.6 Å². The molecule has 0 aromatic heterocycles. The van der Waals surface area contributed by atoms with Crippen molar-refractivity contribution in [3.8, 4) is 11.5 Å². The van der Waals surface area contributed by atoms with Crippen LogP contribution in [0.1, 0.15) is 5.56 Å². The highest BCUT2D eigenvalue weighted by Gasteiger charge is 1.99. The molecule has 0 saturated carbocycles. The average Bonchev–Trinajstić information content (AvgIpc) is 2.66. The first kappa shape index (κ1) is 16.8. The number of ether oxygens (including phenoxy) is 2. The second-order valence-electron chi connectivity index (χ2n) is 5.52. The van der Waals surface area contributed by atoms with Gasteiger partial charge in [0.2, 0.25) is 0 Å². The fourth-order valence-electron chi connectivity index (χ4n) is 2.34. The van der Waals surface area contributed by atoms with Gasteiger partial charge in [-0.05, 0) is 42.0 Å². The molecule has 0 amide bonds. The molecular weight excluding hydrogens is 317 g/mol. The van der Waals surface area contributed by atoms with E-state index < -0.39 is 0 Å². The summed E-state index contributed by atoms with van der Waals surface area (Å²) < 4.78 is 24.2. The maximum atomic E-state index is 12.9. The fourth-order valence-corrected chi connectivity index (χ4v) is 2.34. The lowest BCUT2D eigenvalue weighted by Crippen LogP contribution is -2.09. The molecule has 128 valence electrons. The Bertz CT molecular complexity index is 775. The largest absolute Gasteiger partial charge is 0.490 e. The van der Waals surface area contributed by atoms with Crippen molar-refractivity contribution in [2.45, 2.75) is 6.54 Å². The molecule has 0 atom stereocenters. The van der Waals surface area contributed by atoms with E-state index in [9.17, 15) is 4.39 Å². The predicted molar refractivity (Wildman–Crippen MR) is 97.6 cm³/mol. The van der Waals surface area contributed by atoms with E-state index in [4.69, 9.17) is 9.47 Å². The third-order valence-electron chi connectivity index (χ3n) is 3.61. The first-order valence-electron chi connectivity index (χ1n) is 8.19. The predicted octanol–water partition coefficient (Wildman–Crippen LogP) is 4.90. The van der Waals surface area contributed by atoms with Gasteiger partial charge in [-0.3, -0.25) is 0 Å². The Balaban J connectivity index is 1.45. The minimum Gasteiger partial charge on any atom is -0.490 e. The summed E-state index contributed by atoms with van der Waals surface area (Å²) in [5.41, 5.74) is 1.97. The number of nitrogens with one attached hydrogen (secondary N) is 1. The van der Waals surface area contributed by atoms with Crippen LogP contribution in [0.15, 0.2) is 78.9 Å². The summed E-state index contributed by atoms with van der Waals surface area (Å²) in [6.07, 6.45) is 0. The van der Waals surface area contributed by atoms with Crippen LogP contribution < -0.4 is 14.8 Å². The lowest BCUT2D eigenvalue weighted by molar-refractivity contribution is 0.217. The molecule has 3 aromatic carbocycles. The smallest absolute Gasteiger partial charge is 0.123 e. The molecule has 0 spiro atoms. The molecule has 3 nitrogen and oxygen atoms in total. The third kappa shape index (κ3) is 5.53. The van der Waals surface area contributed by atoms with Gasteiger partial charge in [-0.25, -0.2) is 4.39 Å². The Morgan fingerprint density at radius 1 is 0.720 bits per heavy atom. The Kier molecular flexibility index (Phi) is 5.88. The van der Waals surface area contributed by atoms with Gasteiger partial charge in [0.15, 0.2) is 0 Å². The number of benzene rings is 3. The minimum absolute atomic E-state index is 0.225. The Hall–Kier alpha value is -3.01. The molecule has 0 aliphatic carbocycles. The summed E-state index contributed by atoms with van der Waals surface area (Å²) in [5, 5.41) is 3.30. The highest BCUT2D eigenvalue weighted by atomic mass is 19.1. The van der Waals surface area contributed by atoms with Crippen molar-refractivity contribution in [1.82, 2.24) is 0 Å². The van der Waals surface area contributed by atoms with E-state index in [1.165, 1.54) is 12.1 Å². The van der Waals surface area contributed by atoms with Gasteiger partial charge in [0.1, 0.15) is 30.5 Å². The molecule has 0 heterocycles. The molecule has 0 aliphatic heterocycles. The first-order chi connectivity index (χ1) is 12.3. The molecule has 0 fully saturated rings. The van der Waals surface area contributed by atoms with Crippen LogP contribution in [0.4, 0.5) is 10.1 Å². The Labute approximate surface area is 147 Å². The van der Waals surface area contributed by atoms with Crippen molar-refractivity contribution >= 4 is 5.69 Å². The molecule has 0 unspecified atom stereocenters. The summed E-state index contributed by atoms with van der Waals surface area (Å²) in [5.74, 6) is 1.39. The van der Waals surface area contributed by atoms with Crippen molar-refractivity contribution in [2.75, 3.05) is 18.5 Å². The number of halogens is 1. The summed E-state index contributed by atoms with van der Waals surface area (Å²) in [4.78, 5) is 0. The second-order valence-corrected chi connectivity index (χ2v) is 5.52. The van der Waals surface area contributed by atoms with Crippen molar-refractivity contribution in [2.24, 2.45) is 0 Å². The summed E-state index contributed by atoms with van der Waals surface area (Å²) in [7, 11) is 0. The van der Waals surface area contributed by atoms with Crippen LogP contribution in [0.2, 0.25) is 0 Å². The molecule has 0 saturated heterocycles. The first-order valence-corrected chi connectivity index (χ1v) is 8.19. The summed E-state index contributed by atoms with van der Waals surface area (Å²) in [6, 6.07) is 23.9. The highest BCUT2D eigenvalue weighted by Crippen LogP contribution is 2.18. The van der Waals surface area contributed by atoms with Gasteiger partial charge in [-0.15, -0.1) is 0 Å². The second kappa shape index (κ2) is 8.73. The maximum Gasteiger partial charge on any atom is 0.123 e. The van der Waals surface area contributed by atoms with Crippen molar-refractivity contribution < 1.29 is 13.9 Å². The topological polar surface area (TPSA) is 30.5 Å². The van der Waals surface area contributed by atoms with Crippen LogP contribution in [0.5, 0.6) is 11.5 Å². The zero-order valence-electron chi connectivity index (χ0n) is 13.8. The zero-order valence-corrected chi connectivity index (χ0v) is 13.8. The normalized spacial score (nSPS) is 10.3. The van der Waals surface area contributed by atoms with E-state index in [0.717, 1.165) is 22.7 Å². The molecule has 0 radical (unpaired) electrons. The van der Waals surface area contributed by atoms with E-state index in [1.54, 1.807) is 12.1 Å². The Morgan fingerprint density at radius 2 is 1.40 bits per heavy atom. The SMILES string of the molecule is Fc1ccc(CNc2cccc(OCCOc3ccccc3)c2)cc1. The van der Waals surface area contributed by atoms with Gasteiger partial charge >= 0.3 is 0 Å². The van der Waals surface area contributed by atoms with Crippen LogP contribution in [0.25, 0.3) is 0 Å². The van der Waals surface area contributed by atoms with Crippen LogP contribution in [0, 0.1) is 5.82 Å². The lowest BCUT2D eigenvalue weighted by atomic mass is 10.2. The molecule has 0 bridgehead atoms. The number of hydrogen-bond acceptors (Lipinski definition) is 3.